The molecule has 0 radical (unpaired) electrons. The SMILES string of the molecule is CCC(C)(C)CCCCCc1cc(C)c(CCCCCC(C)(C)I)cc1C. The van der Waals surface area contributed by atoms with Crippen molar-refractivity contribution in [3.8, 4) is 0 Å². The van der Waals surface area contributed by atoms with Crippen molar-refractivity contribution >= 4 is 22.6 Å². The van der Waals surface area contributed by atoms with E-state index < -0.39 is 0 Å². The lowest BCUT2D eigenvalue weighted by Crippen LogP contribution is -2.08. The number of halogens is 1. The van der Waals surface area contributed by atoms with Crippen LogP contribution in [0.1, 0.15) is 115 Å². The maximum Gasteiger partial charge on any atom is 0.0166 e. The first-order valence-corrected chi connectivity index (χ1v) is 12.4. The van der Waals surface area contributed by atoms with Gasteiger partial charge in [-0.05, 0) is 80.0 Å². The van der Waals surface area contributed by atoms with Gasteiger partial charge in [0.1, 0.15) is 0 Å². The monoisotopic (exact) mass is 484 g/mol. The Kier molecular flexibility index (Phi) is 10.9. The molecule has 0 aliphatic rings. The van der Waals surface area contributed by atoms with Crippen molar-refractivity contribution in [1.82, 2.24) is 0 Å². The minimum atomic E-state index is 0.457. The predicted octanol–water partition coefficient (Wildman–Crippen LogP) is 9.16. The van der Waals surface area contributed by atoms with Crippen LogP contribution in [0.2, 0.25) is 0 Å². The number of benzene rings is 1. The fraction of sp³-hybridized carbons (Fsp3) is 0.769. The third-order valence-corrected chi connectivity index (χ3v) is 6.81. The smallest absolute Gasteiger partial charge is 0.0166 e. The molecule has 0 N–H and O–H groups in total. The maximum atomic E-state index is 2.57. The summed E-state index contributed by atoms with van der Waals surface area (Å²) < 4.78 is 0.457. The van der Waals surface area contributed by atoms with Gasteiger partial charge in [-0.3, -0.25) is 0 Å². The average Bonchev–Trinajstić information content (AvgIpc) is 2.56. The van der Waals surface area contributed by atoms with Crippen LogP contribution in [0, 0.1) is 19.3 Å². The summed E-state index contributed by atoms with van der Waals surface area (Å²) in [6.07, 6.45) is 14.7. The van der Waals surface area contributed by atoms with E-state index in [0.29, 0.717) is 8.84 Å². The summed E-state index contributed by atoms with van der Waals surface area (Å²) in [6, 6.07) is 4.96. The average molecular weight is 485 g/mol. The van der Waals surface area contributed by atoms with Crippen molar-refractivity contribution in [2.75, 3.05) is 0 Å². The zero-order chi connectivity index (χ0) is 20.5. The van der Waals surface area contributed by atoms with Crippen LogP contribution in [0.3, 0.4) is 0 Å². The molecule has 0 saturated carbocycles. The Morgan fingerprint density at radius 3 is 1.56 bits per heavy atom. The number of rotatable bonds is 13. The van der Waals surface area contributed by atoms with Gasteiger partial charge in [0, 0.05) is 3.42 Å². The van der Waals surface area contributed by atoms with Gasteiger partial charge >= 0.3 is 0 Å². The molecule has 0 aromatic heterocycles. The van der Waals surface area contributed by atoms with Gasteiger partial charge < -0.3 is 0 Å². The summed E-state index contributed by atoms with van der Waals surface area (Å²) in [5, 5.41) is 0. The lowest BCUT2D eigenvalue weighted by atomic mass is 9.84. The Bertz CT molecular complexity index is 548. The molecule has 0 fully saturated rings. The van der Waals surface area contributed by atoms with Crippen LogP contribution in [0.4, 0.5) is 0 Å². The van der Waals surface area contributed by atoms with Crippen molar-refractivity contribution in [3.05, 3.63) is 34.4 Å². The van der Waals surface area contributed by atoms with Gasteiger partial charge in [-0.1, -0.05) is 101 Å². The molecule has 1 heteroatoms. The molecule has 0 saturated heterocycles. The van der Waals surface area contributed by atoms with Gasteiger partial charge in [-0.15, -0.1) is 0 Å². The third-order valence-electron chi connectivity index (χ3n) is 6.27. The van der Waals surface area contributed by atoms with Gasteiger partial charge in [0.25, 0.3) is 0 Å². The molecule has 0 aliphatic heterocycles. The fourth-order valence-electron chi connectivity index (χ4n) is 3.78. The van der Waals surface area contributed by atoms with E-state index in [-0.39, 0.29) is 0 Å². The van der Waals surface area contributed by atoms with E-state index in [9.17, 15) is 0 Å². The van der Waals surface area contributed by atoms with Crippen LogP contribution in [0.25, 0.3) is 0 Å². The van der Waals surface area contributed by atoms with E-state index in [2.05, 4.69) is 83.2 Å². The molecular formula is C26H45I. The molecule has 0 nitrogen and oxygen atoms in total. The molecule has 1 rings (SSSR count). The minimum Gasteiger partial charge on any atom is -0.0795 e. The van der Waals surface area contributed by atoms with Crippen LogP contribution in [-0.2, 0) is 12.8 Å². The molecule has 1 aromatic rings. The summed E-state index contributed by atoms with van der Waals surface area (Å²) in [6.45, 7) is 16.4. The van der Waals surface area contributed by atoms with Gasteiger partial charge in [0.15, 0.2) is 0 Å². The molecule has 156 valence electrons. The Morgan fingerprint density at radius 2 is 1.15 bits per heavy atom. The largest absolute Gasteiger partial charge is 0.0795 e. The molecule has 27 heavy (non-hydrogen) atoms. The van der Waals surface area contributed by atoms with Gasteiger partial charge in [-0.25, -0.2) is 0 Å². The number of hydrogen-bond acceptors (Lipinski definition) is 0. The Hall–Kier alpha value is -0.0500. The first kappa shape index (κ1) is 25.0. The zero-order valence-electron chi connectivity index (χ0n) is 19.3. The van der Waals surface area contributed by atoms with Gasteiger partial charge in [0.2, 0.25) is 0 Å². The van der Waals surface area contributed by atoms with Crippen molar-refractivity contribution in [3.63, 3.8) is 0 Å². The van der Waals surface area contributed by atoms with E-state index >= 15 is 0 Å². The zero-order valence-corrected chi connectivity index (χ0v) is 21.5. The van der Waals surface area contributed by atoms with Crippen molar-refractivity contribution in [2.24, 2.45) is 5.41 Å². The lowest BCUT2D eigenvalue weighted by Gasteiger charge is -2.22. The molecule has 0 bridgehead atoms. The Balaban J connectivity index is 2.39. The highest BCUT2D eigenvalue weighted by atomic mass is 127. The van der Waals surface area contributed by atoms with Crippen LogP contribution in [-0.4, -0.2) is 3.42 Å². The first-order valence-electron chi connectivity index (χ1n) is 11.3. The second-order valence-corrected chi connectivity index (χ2v) is 13.0. The summed E-state index contributed by atoms with van der Waals surface area (Å²) in [5.41, 5.74) is 6.71. The standard InChI is InChI=1S/C26H45I/c1-8-25(4,5)17-13-9-11-15-23-19-22(3)24(20-21(23)2)16-12-10-14-18-26(6,7)27/h19-20H,8-18H2,1-7H3. The molecule has 0 amide bonds. The highest BCUT2D eigenvalue weighted by molar-refractivity contribution is 14.1. The highest BCUT2D eigenvalue weighted by Crippen LogP contribution is 2.28. The number of unbranched alkanes of at least 4 members (excludes halogenated alkanes) is 4. The van der Waals surface area contributed by atoms with Gasteiger partial charge in [-0.2, -0.15) is 0 Å². The van der Waals surface area contributed by atoms with E-state index in [1.807, 2.05) is 0 Å². The second-order valence-electron chi connectivity index (χ2n) is 10.1. The molecule has 0 aliphatic carbocycles. The normalized spacial score (nSPS) is 12.6. The maximum absolute atomic E-state index is 2.57. The fourth-order valence-corrected chi connectivity index (χ4v) is 4.17. The van der Waals surface area contributed by atoms with Crippen molar-refractivity contribution in [2.45, 2.75) is 123 Å². The second kappa shape index (κ2) is 11.8. The van der Waals surface area contributed by atoms with Crippen LogP contribution < -0.4 is 0 Å². The highest BCUT2D eigenvalue weighted by Gasteiger charge is 2.14. The third kappa shape index (κ3) is 10.9. The van der Waals surface area contributed by atoms with E-state index in [0.717, 1.165) is 0 Å². The van der Waals surface area contributed by atoms with E-state index in [4.69, 9.17) is 0 Å². The molecule has 0 unspecified atom stereocenters. The molecule has 0 heterocycles. The number of alkyl halides is 1. The molecule has 1 aromatic carbocycles. The quantitative estimate of drug-likeness (QED) is 0.149. The molecular weight excluding hydrogens is 439 g/mol. The topological polar surface area (TPSA) is 0 Å². The molecule has 0 spiro atoms. The van der Waals surface area contributed by atoms with Crippen molar-refractivity contribution in [1.29, 1.82) is 0 Å². The Morgan fingerprint density at radius 1 is 0.704 bits per heavy atom. The molecule has 0 atom stereocenters. The number of aryl methyl sites for hydroxylation is 4. The summed E-state index contributed by atoms with van der Waals surface area (Å²) in [5.74, 6) is 0. The minimum absolute atomic E-state index is 0.457. The van der Waals surface area contributed by atoms with Crippen LogP contribution in [0.15, 0.2) is 12.1 Å². The first-order chi connectivity index (χ1) is 12.5. The van der Waals surface area contributed by atoms with Crippen LogP contribution >= 0.6 is 22.6 Å². The van der Waals surface area contributed by atoms with E-state index in [1.54, 1.807) is 11.1 Å². The van der Waals surface area contributed by atoms with Crippen molar-refractivity contribution < 1.29 is 0 Å². The predicted molar refractivity (Wildman–Crippen MR) is 132 cm³/mol. The lowest BCUT2D eigenvalue weighted by molar-refractivity contribution is 0.308. The summed E-state index contributed by atoms with van der Waals surface area (Å²) in [7, 11) is 0. The van der Waals surface area contributed by atoms with E-state index in [1.165, 1.54) is 81.8 Å². The number of hydrogen-bond donors (Lipinski definition) is 0. The van der Waals surface area contributed by atoms with Crippen LogP contribution in [0.5, 0.6) is 0 Å². The Labute approximate surface area is 184 Å². The summed E-state index contributed by atoms with van der Waals surface area (Å²) >= 11 is 2.57. The van der Waals surface area contributed by atoms with Gasteiger partial charge in [0.05, 0.1) is 0 Å². The summed E-state index contributed by atoms with van der Waals surface area (Å²) in [4.78, 5) is 0.